The molecule has 1 aliphatic heterocycles. The van der Waals surface area contributed by atoms with E-state index in [1.54, 1.807) is 16.4 Å². The van der Waals surface area contributed by atoms with Crippen molar-refractivity contribution in [3.63, 3.8) is 0 Å². The maximum absolute atomic E-state index is 13.0. The van der Waals surface area contributed by atoms with Crippen LogP contribution >= 0.6 is 27.3 Å². The van der Waals surface area contributed by atoms with Gasteiger partial charge in [-0.2, -0.15) is 9.29 Å². The van der Waals surface area contributed by atoms with Crippen LogP contribution < -0.4 is 10.2 Å². The molecule has 0 saturated carbocycles. The molecule has 1 N–H and O–H groups in total. The van der Waals surface area contributed by atoms with E-state index in [2.05, 4.69) is 38.3 Å². The third kappa shape index (κ3) is 4.95. The van der Waals surface area contributed by atoms with E-state index < -0.39 is 10.0 Å². The van der Waals surface area contributed by atoms with E-state index in [4.69, 9.17) is 9.97 Å². The molecule has 1 aliphatic rings. The summed E-state index contributed by atoms with van der Waals surface area (Å²) in [4.78, 5) is 11.7. The lowest BCUT2D eigenvalue weighted by molar-refractivity contribution is 0.383. The van der Waals surface area contributed by atoms with Crippen molar-refractivity contribution < 1.29 is 8.42 Å². The van der Waals surface area contributed by atoms with Crippen molar-refractivity contribution in [2.24, 2.45) is 0 Å². The van der Waals surface area contributed by atoms with E-state index in [1.165, 1.54) is 16.9 Å². The molecule has 5 rings (SSSR count). The predicted molar refractivity (Wildman–Crippen MR) is 141 cm³/mol. The van der Waals surface area contributed by atoms with Crippen LogP contribution in [0.4, 0.5) is 11.8 Å². The second-order valence-corrected chi connectivity index (χ2v) is 12.6. The quantitative estimate of drug-likeness (QED) is 0.357. The lowest BCUT2D eigenvalue weighted by Crippen LogP contribution is -2.49. The van der Waals surface area contributed by atoms with Gasteiger partial charge >= 0.3 is 0 Å². The van der Waals surface area contributed by atoms with Crippen molar-refractivity contribution in [3.8, 4) is 0 Å². The molecule has 2 aromatic carbocycles. The first-order valence-corrected chi connectivity index (χ1v) is 14.1. The van der Waals surface area contributed by atoms with Crippen LogP contribution in [0, 0.1) is 0 Å². The highest BCUT2D eigenvalue weighted by Gasteiger charge is 2.30. The molecule has 2 aromatic heterocycles. The number of halogens is 1. The highest BCUT2D eigenvalue weighted by Crippen LogP contribution is 2.30. The van der Waals surface area contributed by atoms with Crippen LogP contribution in [0.5, 0.6) is 0 Å². The highest BCUT2D eigenvalue weighted by atomic mass is 79.9. The smallest absolute Gasteiger partial charge is 0.252 e. The number of anilines is 2. The number of para-hydroxylation sites is 1. The minimum absolute atomic E-state index is 0.361. The Hall–Kier alpha value is -2.53. The first-order chi connectivity index (χ1) is 16.5. The molecule has 7 nitrogen and oxygen atoms in total. The highest BCUT2D eigenvalue weighted by molar-refractivity contribution is 9.11. The third-order valence-electron chi connectivity index (χ3n) is 5.80. The molecule has 4 aromatic rings. The van der Waals surface area contributed by atoms with Crippen molar-refractivity contribution in [2.75, 3.05) is 42.9 Å². The van der Waals surface area contributed by atoms with Gasteiger partial charge in [-0.05, 0) is 52.2 Å². The second kappa shape index (κ2) is 9.99. The Balaban J connectivity index is 1.32. The number of benzene rings is 2. The fourth-order valence-corrected chi connectivity index (χ4v) is 7.59. The summed E-state index contributed by atoms with van der Waals surface area (Å²) >= 11 is 4.59. The Morgan fingerprint density at radius 3 is 2.38 bits per heavy atom. The molecule has 0 amide bonds. The summed E-state index contributed by atoms with van der Waals surface area (Å²) in [6.07, 6.45) is 0.893. The number of thiophene rings is 1. The van der Waals surface area contributed by atoms with Crippen molar-refractivity contribution >= 4 is 60.0 Å². The zero-order valence-corrected chi connectivity index (χ0v) is 21.6. The summed E-state index contributed by atoms with van der Waals surface area (Å²) in [5.74, 6) is 1.42. The number of hydrogen-bond acceptors (Lipinski definition) is 7. The van der Waals surface area contributed by atoms with Crippen LogP contribution in [-0.2, 0) is 16.4 Å². The van der Waals surface area contributed by atoms with Gasteiger partial charge in [0.2, 0.25) is 5.95 Å². The molecule has 0 unspecified atom stereocenters. The normalized spacial score (nSPS) is 15.0. The van der Waals surface area contributed by atoms with Gasteiger partial charge in [0.05, 0.1) is 9.30 Å². The molecular formula is C24H24BrN5O2S2. The Morgan fingerprint density at radius 2 is 1.65 bits per heavy atom. The van der Waals surface area contributed by atoms with Gasteiger partial charge < -0.3 is 10.2 Å². The van der Waals surface area contributed by atoms with E-state index >= 15 is 0 Å². The van der Waals surface area contributed by atoms with Crippen LogP contribution in [0.2, 0.25) is 0 Å². The van der Waals surface area contributed by atoms with Crippen LogP contribution in [0.3, 0.4) is 0 Å². The average Bonchev–Trinajstić information content (AvgIpc) is 3.32. The average molecular weight is 559 g/mol. The van der Waals surface area contributed by atoms with Crippen molar-refractivity contribution in [1.82, 2.24) is 14.3 Å². The lowest BCUT2D eigenvalue weighted by atomic mass is 10.1. The first kappa shape index (κ1) is 23.2. The fourth-order valence-electron chi connectivity index (χ4n) is 4.00. The van der Waals surface area contributed by atoms with Crippen LogP contribution in [-0.4, -0.2) is 55.4 Å². The Labute approximate surface area is 211 Å². The number of rotatable bonds is 7. The Kier molecular flexibility index (Phi) is 6.82. The van der Waals surface area contributed by atoms with Gasteiger partial charge in [-0.1, -0.05) is 42.5 Å². The van der Waals surface area contributed by atoms with Gasteiger partial charge in [-0.3, -0.25) is 0 Å². The Bertz CT molecular complexity index is 1390. The zero-order chi connectivity index (χ0) is 23.5. The number of hydrogen-bond donors (Lipinski definition) is 1. The molecule has 0 radical (unpaired) electrons. The Morgan fingerprint density at radius 1 is 0.912 bits per heavy atom. The summed E-state index contributed by atoms with van der Waals surface area (Å²) in [5.41, 5.74) is 2.14. The summed E-state index contributed by atoms with van der Waals surface area (Å²) in [5, 5.41) is 4.46. The molecular weight excluding hydrogens is 534 g/mol. The summed E-state index contributed by atoms with van der Waals surface area (Å²) in [6, 6.07) is 21.7. The molecule has 3 heterocycles. The van der Waals surface area contributed by atoms with E-state index in [0.29, 0.717) is 36.3 Å². The van der Waals surface area contributed by atoms with Crippen molar-refractivity contribution in [1.29, 1.82) is 0 Å². The minimum Gasteiger partial charge on any atom is -0.369 e. The number of sulfonamides is 1. The number of piperazine rings is 1. The van der Waals surface area contributed by atoms with E-state index in [0.717, 1.165) is 33.5 Å². The predicted octanol–water partition coefficient (Wildman–Crippen LogP) is 4.62. The van der Waals surface area contributed by atoms with Crippen LogP contribution in [0.25, 0.3) is 10.9 Å². The van der Waals surface area contributed by atoms with Gasteiger partial charge in [0.15, 0.2) is 0 Å². The second-order valence-electron chi connectivity index (χ2n) is 8.00. The number of aromatic nitrogens is 2. The van der Waals surface area contributed by atoms with Gasteiger partial charge in [-0.25, -0.2) is 13.4 Å². The minimum atomic E-state index is -3.49. The molecule has 0 spiro atoms. The fraction of sp³-hybridized carbons (Fsp3) is 0.250. The number of fused-ring (bicyclic) bond motifs is 1. The SMILES string of the molecule is O=S(=O)(c1ccc(Br)s1)N1CCN(c2nc(NCCc3ccccc3)c3ccccc3n2)CC1. The number of nitrogens with zero attached hydrogens (tertiary/aromatic N) is 4. The summed E-state index contributed by atoms with van der Waals surface area (Å²) in [7, 11) is -3.49. The molecule has 0 bridgehead atoms. The maximum Gasteiger partial charge on any atom is 0.252 e. The molecule has 1 fully saturated rings. The summed E-state index contributed by atoms with van der Waals surface area (Å²) in [6.45, 7) is 2.61. The zero-order valence-electron chi connectivity index (χ0n) is 18.4. The lowest BCUT2D eigenvalue weighted by Gasteiger charge is -2.34. The van der Waals surface area contributed by atoms with Crippen LogP contribution in [0.15, 0.2) is 74.7 Å². The van der Waals surface area contributed by atoms with Gasteiger partial charge in [-0.15, -0.1) is 11.3 Å². The molecule has 10 heteroatoms. The van der Waals surface area contributed by atoms with Crippen molar-refractivity contribution in [2.45, 2.75) is 10.6 Å². The van der Waals surface area contributed by atoms with Gasteiger partial charge in [0.25, 0.3) is 10.0 Å². The first-order valence-electron chi connectivity index (χ1n) is 11.1. The van der Waals surface area contributed by atoms with E-state index in [-0.39, 0.29) is 0 Å². The molecule has 1 saturated heterocycles. The molecule has 0 aliphatic carbocycles. The summed E-state index contributed by atoms with van der Waals surface area (Å²) < 4.78 is 28.6. The number of nitrogens with one attached hydrogen (secondary N) is 1. The largest absolute Gasteiger partial charge is 0.369 e. The van der Waals surface area contributed by atoms with Crippen LogP contribution in [0.1, 0.15) is 5.56 Å². The maximum atomic E-state index is 13.0. The van der Waals surface area contributed by atoms with E-state index in [9.17, 15) is 8.42 Å². The molecule has 34 heavy (non-hydrogen) atoms. The van der Waals surface area contributed by atoms with Gasteiger partial charge in [0.1, 0.15) is 10.0 Å². The topological polar surface area (TPSA) is 78.4 Å². The molecule has 0 atom stereocenters. The third-order valence-corrected chi connectivity index (χ3v) is 9.79. The van der Waals surface area contributed by atoms with E-state index in [1.807, 2.05) is 42.5 Å². The standard InChI is InChI=1S/C24H24BrN5O2S2/c25-21-10-11-22(33-21)34(31,32)30-16-14-29(15-17-30)24-27-20-9-5-4-8-19(20)23(28-24)26-13-12-18-6-2-1-3-7-18/h1-11H,12-17H2,(H,26,27,28). The monoisotopic (exact) mass is 557 g/mol. The van der Waals surface area contributed by atoms with Crippen molar-refractivity contribution in [3.05, 3.63) is 76.1 Å². The van der Waals surface area contributed by atoms with Gasteiger partial charge in [0, 0.05) is 38.1 Å². The molecule has 176 valence electrons.